The number of carbonyl (C=O) groups excluding carboxylic acids is 3. The summed E-state index contributed by atoms with van der Waals surface area (Å²) in [6.07, 6.45) is 5.09. The van der Waals surface area contributed by atoms with Crippen molar-refractivity contribution >= 4 is 17.9 Å². The Labute approximate surface area is 198 Å². The lowest BCUT2D eigenvalue weighted by atomic mass is 9.86. The Kier molecular flexibility index (Phi) is 9.74. The molecule has 7 nitrogen and oxygen atoms in total. The van der Waals surface area contributed by atoms with Crippen LogP contribution in [-0.4, -0.2) is 47.5 Å². The zero-order chi connectivity index (χ0) is 24.6. The lowest BCUT2D eigenvalue weighted by molar-refractivity contribution is -0.145. The van der Waals surface area contributed by atoms with Crippen LogP contribution in [0.2, 0.25) is 0 Å². The van der Waals surface area contributed by atoms with Gasteiger partial charge >= 0.3 is 6.09 Å². The molecule has 3 amide bonds. The first kappa shape index (κ1) is 26.7. The lowest BCUT2D eigenvalue weighted by Gasteiger charge is -2.43. The number of carbonyl (C=O) groups is 3. The summed E-state index contributed by atoms with van der Waals surface area (Å²) in [5.74, 6) is -0.442. The Balaban J connectivity index is 2.31. The van der Waals surface area contributed by atoms with Crippen molar-refractivity contribution < 1.29 is 19.1 Å². The van der Waals surface area contributed by atoms with E-state index in [1.807, 2.05) is 32.0 Å². The second-order valence-corrected chi connectivity index (χ2v) is 9.95. The van der Waals surface area contributed by atoms with Crippen LogP contribution in [0.5, 0.6) is 0 Å². The summed E-state index contributed by atoms with van der Waals surface area (Å²) >= 11 is 0. The maximum absolute atomic E-state index is 13.5. The molecule has 1 aliphatic rings. The Morgan fingerprint density at radius 1 is 1.09 bits per heavy atom. The van der Waals surface area contributed by atoms with E-state index in [1.165, 1.54) is 0 Å². The number of benzene rings is 1. The molecule has 0 heterocycles. The normalized spacial score (nSPS) is 14.7. The van der Waals surface area contributed by atoms with Crippen LogP contribution in [0.3, 0.4) is 0 Å². The molecule has 1 atom stereocenters. The number of hydrogen-bond donors (Lipinski definition) is 2. The smallest absolute Gasteiger partial charge is 0.408 e. The van der Waals surface area contributed by atoms with Gasteiger partial charge in [0.25, 0.3) is 0 Å². The SMILES string of the molecule is CCCCCNC(=O)C(c1c(C)cccc1C)N(C(=O)CNC(=O)OC(C)(C)C)C1CCC1. The Morgan fingerprint density at radius 2 is 1.73 bits per heavy atom. The summed E-state index contributed by atoms with van der Waals surface area (Å²) in [5.41, 5.74) is 2.16. The topological polar surface area (TPSA) is 87.7 Å². The van der Waals surface area contributed by atoms with Crippen LogP contribution in [0.15, 0.2) is 18.2 Å². The molecule has 0 saturated heterocycles. The van der Waals surface area contributed by atoms with E-state index < -0.39 is 17.7 Å². The molecule has 7 heteroatoms. The van der Waals surface area contributed by atoms with Crippen LogP contribution in [-0.2, 0) is 14.3 Å². The van der Waals surface area contributed by atoms with Crippen molar-refractivity contribution in [3.63, 3.8) is 0 Å². The number of unbranched alkanes of at least 4 members (excludes halogenated alkanes) is 2. The molecular formula is C26H41N3O4. The van der Waals surface area contributed by atoms with Gasteiger partial charge in [0.2, 0.25) is 11.8 Å². The summed E-state index contributed by atoms with van der Waals surface area (Å²) in [5, 5.41) is 5.63. The van der Waals surface area contributed by atoms with Crippen molar-refractivity contribution in [2.24, 2.45) is 0 Å². The van der Waals surface area contributed by atoms with E-state index in [0.717, 1.165) is 55.2 Å². The first-order valence-electron chi connectivity index (χ1n) is 12.2. The molecule has 0 aromatic heterocycles. The first-order chi connectivity index (χ1) is 15.5. The second-order valence-electron chi connectivity index (χ2n) is 9.95. The number of hydrogen-bond acceptors (Lipinski definition) is 4. The van der Waals surface area contributed by atoms with Gasteiger partial charge in [-0.15, -0.1) is 0 Å². The highest BCUT2D eigenvalue weighted by molar-refractivity contribution is 5.91. The van der Waals surface area contributed by atoms with Gasteiger partial charge in [0, 0.05) is 12.6 Å². The molecule has 0 bridgehead atoms. The van der Waals surface area contributed by atoms with Gasteiger partial charge in [-0.3, -0.25) is 9.59 Å². The van der Waals surface area contributed by atoms with Gasteiger partial charge in [0.15, 0.2) is 0 Å². The maximum atomic E-state index is 13.5. The van der Waals surface area contributed by atoms with Crippen molar-refractivity contribution in [2.75, 3.05) is 13.1 Å². The van der Waals surface area contributed by atoms with E-state index in [1.54, 1.807) is 25.7 Å². The minimum atomic E-state index is -0.730. The zero-order valence-corrected chi connectivity index (χ0v) is 21.1. The predicted octanol–water partition coefficient (Wildman–Crippen LogP) is 4.56. The van der Waals surface area contributed by atoms with Gasteiger partial charge in [0.1, 0.15) is 18.2 Å². The van der Waals surface area contributed by atoms with Crippen LogP contribution in [0.4, 0.5) is 4.79 Å². The van der Waals surface area contributed by atoms with Gasteiger partial charge in [0.05, 0.1) is 0 Å². The number of amides is 3. The van der Waals surface area contributed by atoms with Crippen molar-refractivity contribution in [2.45, 2.75) is 97.8 Å². The fourth-order valence-electron chi connectivity index (χ4n) is 4.11. The highest BCUT2D eigenvalue weighted by atomic mass is 16.6. The van der Waals surface area contributed by atoms with Crippen molar-refractivity contribution in [1.82, 2.24) is 15.5 Å². The molecule has 2 N–H and O–H groups in total. The van der Waals surface area contributed by atoms with Gasteiger partial charge in [-0.05, 0) is 77.0 Å². The minimum absolute atomic E-state index is 0.0247. The standard InChI is InChI=1S/C26H41N3O4/c1-7-8-9-16-27-24(31)23(22-18(2)12-10-13-19(22)3)29(20-14-11-15-20)21(30)17-28-25(32)33-26(4,5)6/h10,12-13,20,23H,7-9,11,14-17H2,1-6H3,(H,27,31)(H,28,32). The summed E-state index contributed by atoms with van der Waals surface area (Å²) in [4.78, 5) is 40.8. The molecule has 33 heavy (non-hydrogen) atoms. The molecule has 0 spiro atoms. The third kappa shape index (κ3) is 7.76. The predicted molar refractivity (Wildman–Crippen MR) is 130 cm³/mol. The Bertz CT molecular complexity index is 807. The molecule has 1 aliphatic carbocycles. The molecular weight excluding hydrogens is 418 g/mol. The van der Waals surface area contributed by atoms with Crippen LogP contribution in [0.25, 0.3) is 0 Å². The molecule has 0 radical (unpaired) electrons. The van der Waals surface area contributed by atoms with Crippen molar-refractivity contribution in [3.05, 3.63) is 34.9 Å². The zero-order valence-electron chi connectivity index (χ0n) is 21.1. The van der Waals surface area contributed by atoms with E-state index in [0.29, 0.717) is 6.54 Å². The third-order valence-electron chi connectivity index (χ3n) is 5.96. The highest BCUT2D eigenvalue weighted by Crippen LogP contribution is 2.35. The fraction of sp³-hybridized carbons (Fsp3) is 0.654. The highest BCUT2D eigenvalue weighted by Gasteiger charge is 2.40. The van der Waals surface area contributed by atoms with Crippen LogP contribution in [0.1, 0.15) is 89.0 Å². The van der Waals surface area contributed by atoms with Crippen LogP contribution < -0.4 is 10.6 Å². The van der Waals surface area contributed by atoms with Gasteiger partial charge in [-0.1, -0.05) is 38.0 Å². The van der Waals surface area contributed by atoms with Crippen LogP contribution >= 0.6 is 0 Å². The number of ether oxygens (including phenoxy) is 1. The summed E-state index contributed by atoms with van der Waals surface area (Å²) in [7, 11) is 0. The van der Waals surface area contributed by atoms with Crippen LogP contribution in [0, 0.1) is 13.8 Å². The van der Waals surface area contributed by atoms with E-state index in [2.05, 4.69) is 17.6 Å². The Hall–Kier alpha value is -2.57. The summed E-state index contributed by atoms with van der Waals surface area (Å²) in [6, 6.07) is 5.16. The maximum Gasteiger partial charge on any atom is 0.408 e. The van der Waals surface area contributed by atoms with E-state index in [-0.39, 0.29) is 24.4 Å². The summed E-state index contributed by atoms with van der Waals surface area (Å²) < 4.78 is 5.28. The molecule has 1 aromatic carbocycles. The molecule has 0 aliphatic heterocycles. The molecule has 184 valence electrons. The molecule has 1 fully saturated rings. The van der Waals surface area contributed by atoms with Gasteiger partial charge in [-0.2, -0.15) is 0 Å². The van der Waals surface area contributed by atoms with Gasteiger partial charge < -0.3 is 20.3 Å². The molecule has 1 saturated carbocycles. The molecule has 1 unspecified atom stereocenters. The fourth-order valence-corrected chi connectivity index (χ4v) is 4.11. The molecule has 1 aromatic rings. The number of rotatable bonds is 10. The number of nitrogens with one attached hydrogen (secondary N) is 2. The minimum Gasteiger partial charge on any atom is -0.444 e. The number of nitrogens with zero attached hydrogens (tertiary/aromatic N) is 1. The number of aryl methyl sites for hydroxylation is 2. The number of alkyl carbamates (subject to hydrolysis) is 1. The van der Waals surface area contributed by atoms with Crippen molar-refractivity contribution in [1.29, 1.82) is 0 Å². The summed E-state index contributed by atoms with van der Waals surface area (Å²) in [6.45, 7) is 11.8. The Morgan fingerprint density at radius 3 is 2.24 bits per heavy atom. The second kappa shape index (κ2) is 12.1. The average Bonchev–Trinajstić information content (AvgIpc) is 2.68. The monoisotopic (exact) mass is 459 g/mol. The van der Waals surface area contributed by atoms with E-state index in [9.17, 15) is 14.4 Å². The average molecular weight is 460 g/mol. The lowest BCUT2D eigenvalue weighted by Crippen LogP contribution is -2.54. The van der Waals surface area contributed by atoms with Gasteiger partial charge in [-0.25, -0.2) is 4.79 Å². The first-order valence-corrected chi connectivity index (χ1v) is 12.2. The third-order valence-corrected chi connectivity index (χ3v) is 5.96. The van der Waals surface area contributed by atoms with E-state index in [4.69, 9.17) is 4.74 Å². The van der Waals surface area contributed by atoms with E-state index >= 15 is 0 Å². The molecule has 2 rings (SSSR count). The quantitative estimate of drug-likeness (QED) is 0.502. The van der Waals surface area contributed by atoms with Crippen molar-refractivity contribution in [3.8, 4) is 0 Å². The largest absolute Gasteiger partial charge is 0.444 e.